The highest BCUT2D eigenvalue weighted by Crippen LogP contribution is 2.48. The van der Waals surface area contributed by atoms with Crippen molar-refractivity contribution >= 4 is 60.8 Å². The van der Waals surface area contributed by atoms with Gasteiger partial charge in [-0.1, -0.05) is 103 Å². The maximum Gasteiger partial charge on any atom is 0.145 e. The second-order valence-electron chi connectivity index (χ2n) is 11.3. The van der Waals surface area contributed by atoms with Crippen LogP contribution in [0, 0.1) is 0 Å². The summed E-state index contributed by atoms with van der Waals surface area (Å²) in [4.78, 5) is 2.33. The Morgan fingerprint density at radius 3 is 1.76 bits per heavy atom. The zero-order valence-electron chi connectivity index (χ0n) is 24.5. The number of hydrogen-bond donors (Lipinski definition) is 0. The SMILES string of the molecule is c1ccc(N(c2ccccc2)c2ccc(-c3cccc4c3c3ccccc3n4-c3ccccc3)c3oc4ccccc4c23)cc1. The summed E-state index contributed by atoms with van der Waals surface area (Å²) in [6.07, 6.45) is 0. The van der Waals surface area contributed by atoms with E-state index in [-0.39, 0.29) is 0 Å². The number of benzene rings is 7. The van der Waals surface area contributed by atoms with Crippen molar-refractivity contribution in [2.45, 2.75) is 0 Å². The van der Waals surface area contributed by atoms with E-state index >= 15 is 0 Å². The molecule has 0 fully saturated rings. The predicted molar refractivity (Wildman–Crippen MR) is 188 cm³/mol. The van der Waals surface area contributed by atoms with E-state index in [9.17, 15) is 0 Å². The summed E-state index contributed by atoms with van der Waals surface area (Å²) < 4.78 is 9.19. The Morgan fingerprint density at radius 2 is 1.02 bits per heavy atom. The highest BCUT2D eigenvalue weighted by atomic mass is 16.3. The standard InChI is InChI=1S/C42H28N2O/c1-4-15-29(16-5-1)43(30-17-6-2-7-18-30)38-28-27-33(42-41(38)35-22-11-13-26-39(35)45-42)32-23-14-25-37-40(32)34-21-10-12-24-36(34)44(37)31-19-8-3-9-20-31/h1-28H. The Hall–Kier alpha value is -6.06. The molecule has 9 aromatic rings. The van der Waals surface area contributed by atoms with Crippen LogP contribution in [0.3, 0.4) is 0 Å². The second kappa shape index (κ2) is 10.3. The van der Waals surface area contributed by atoms with Gasteiger partial charge in [0.15, 0.2) is 0 Å². The molecule has 0 bridgehead atoms. The van der Waals surface area contributed by atoms with Gasteiger partial charge >= 0.3 is 0 Å². The molecule has 9 rings (SSSR count). The van der Waals surface area contributed by atoms with Gasteiger partial charge in [0.25, 0.3) is 0 Å². The fraction of sp³-hybridized carbons (Fsp3) is 0. The number of nitrogens with zero attached hydrogens (tertiary/aromatic N) is 2. The van der Waals surface area contributed by atoms with Crippen LogP contribution in [0.15, 0.2) is 174 Å². The zero-order valence-corrected chi connectivity index (χ0v) is 24.5. The Bertz CT molecular complexity index is 2440. The van der Waals surface area contributed by atoms with Crippen LogP contribution in [0.2, 0.25) is 0 Å². The third kappa shape index (κ3) is 3.98. The van der Waals surface area contributed by atoms with E-state index in [0.29, 0.717) is 0 Å². The van der Waals surface area contributed by atoms with Crippen LogP contribution in [0.25, 0.3) is 60.6 Å². The van der Waals surface area contributed by atoms with E-state index < -0.39 is 0 Å². The first kappa shape index (κ1) is 25.4. The lowest BCUT2D eigenvalue weighted by molar-refractivity contribution is 0.670. The molecular weight excluding hydrogens is 548 g/mol. The first-order valence-corrected chi connectivity index (χ1v) is 15.3. The molecule has 0 aliphatic carbocycles. The number of anilines is 3. The van der Waals surface area contributed by atoms with Crippen LogP contribution in [0.4, 0.5) is 17.1 Å². The largest absolute Gasteiger partial charge is 0.455 e. The van der Waals surface area contributed by atoms with Gasteiger partial charge in [-0.15, -0.1) is 0 Å². The van der Waals surface area contributed by atoms with Gasteiger partial charge in [-0.05, 0) is 72.3 Å². The number of para-hydroxylation sites is 5. The number of rotatable bonds is 5. The molecule has 2 heterocycles. The molecule has 0 aliphatic heterocycles. The molecule has 3 heteroatoms. The Labute approximate surface area is 260 Å². The average Bonchev–Trinajstić information content (AvgIpc) is 3.67. The summed E-state index contributed by atoms with van der Waals surface area (Å²) in [5, 5.41) is 4.63. The highest BCUT2D eigenvalue weighted by Gasteiger charge is 2.24. The molecule has 0 atom stereocenters. The van der Waals surface area contributed by atoms with E-state index in [2.05, 4.69) is 173 Å². The van der Waals surface area contributed by atoms with Gasteiger partial charge in [-0.3, -0.25) is 0 Å². The van der Waals surface area contributed by atoms with Crippen molar-refractivity contribution in [2.75, 3.05) is 4.90 Å². The molecule has 0 amide bonds. The average molecular weight is 577 g/mol. The van der Waals surface area contributed by atoms with E-state index in [1.165, 1.54) is 21.8 Å². The number of fused-ring (bicyclic) bond motifs is 6. The third-order valence-corrected chi connectivity index (χ3v) is 8.78. The van der Waals surface area contributed by atoms with Crippen LogP contribution in [0.5, 0.6) is 0 Å². The van der Waals surface area contributed by atoms with Crippen molar-refractivity contribution in [2.24, 2.45) is 0 Å². The lowest BCUT2D eigenvalue weighted by Crippen LogP contribution is -2.10. The van der Waals surface area contributed by atoms with Gasteiger partial charge in [-0.25, -0.2) is 0 Å². The van der Waals surface area contributed by atoms with Gasteiger partial charge < -0.3 is 13.9 Å². The van der Waals surface area contributed by atoms with Crippen LogP contribution >= 0.6 is 0 Å². The Balaban J connectivity index is 1.38. The minimum Gasteiger partial charge on any atom is -0.455 e. The number of aromatic nitrogens is 1. The van der Waals surface area contributed by atoms with E-state index in [4.69, 9.17) is 4.42 Å². The van der Waals surface area contributed by atoms with Crippen LogP contribution < -0.4 is 4.90 Å². The zero-order chi connectivity index (χ0) is 29.7. The van der Waals surface area contributed by atoms with E-state index in [1.54, 1.807) is 0 Å². The van der Waals surface area contributed by atoms with Crippen molar-refractivity contribution in [3.63, 3.8) is 0 Å². The molecule has 3 nitrogen and oxygen atoms in total. The minimum atomic E-state index is 0.876. The quantitative estimate of drug-likeness (QED) is 0.203. The molecular formula is C42H28N2O. The van der Waals surface area contributed by atoms with Crippen LogP contribution in [0.1, 0.15) is 0 Å². The van der Waals surface area contributed by atoms with Crippen molar-refractivity contribution in [1.82, 2.24) is 4.57 Å². The lowest BCUT2D eigenvalue weighted by atomic mass is 9.96. The van der Waals surface area contributed by atoms with Crippen molar-refractivity contribution in [3.05, 3.63) is 170 Å². The molecule has 0 saturated heterocycles. The van der Waals surface area contributed by atoms with Gasteiger partial charge in [0.1, 0.15) is 11.2 Å². The number of furan rings is 1. The summed E-state index contributed by atoms with van der Waals surface area (Å²) in [6.45, 7) is 0. The monoisotopic (exact) mass is 576 g/mol. The van der Waals surface area contributed by atoms with Crippen molar-refractivity contribution in [1.29, 1.82) is 0 Å². The van der Waals surface area contributed by atoms with Gasteiger partial charge in [-0.2, -0.15) is 0 Å². The van der Waals surface area contributed by atoms with E-state index in [0.717, 1.165) is 55.8 Å². The Kier molecular flexibility index (Phi) is 5.82. The second-order valence-corrected chi connectivity index (χ2v) is 11.3. The van der Waals surface area contributed by atoms with Crippen LogP contribution in [-0.2, 0) is 0 Å². The molecule has 0 spiro atoms. The summed E-state index contributed by atoms with van der Waals surface area (Å²) in [5.74, 6) is 0. The third-order valence-electron chi connectivity index (χ3n) is 8.78. The van der Waals surface area contributed by atoms with Gasteiger partial charge in [0, 0.05) is 38.8 Å². The van der Waals surface area contributed by atoms with Crippen molar-refractivity contribution < 1.29 is 4.42 Å². The van der Waals surface area contributed by atoms with Crippen molar-refractivity contribution in [3.8, 4) is 16.8 Å². The Morgan fingerprint density at radius 1 is 0.422 bits per heavy atom. The predicted octanol–water partition coefficient (Wildman–Crippen LogP) is 11.8. The maximum absolute atomic E-state index is 6.82. The number of hydrogen-bond acceptors (Lipinski definition) is 2. The molecule has 7 aromatic carbocycles. The molecule has 0 N–H and O–H groups in total. The fourth-order valence-electron chi connectivity index (χ4n) is 6.89. The van der Waals surface area contributed by atoms with Gasteiger partial charge in [0.2, 0.25) is 0 Å². The van der Waals surface area contributed by atoms with Crippen LogP contribution in [-0.4, -0.2) is 4.57 Å². The summed E-state index contributed by atoms with van der Waals surface area (Å²) >= 11 is 0. The molecule has 45 heavy (non-hydrogen) atoms. The summed E-state index contributed by atoms with van der Waals surface area (Å²) in [7, 11) is 0. The molecule has 212 valence electrons. The molecule has 0 radical (unpaired) electrons. The summed E-state index contributed by atoms with van der Waals surface area (Å²) in [6, 6.07) is 59.9. The smallest absolute Gasteiger partial charge is 0.145 e. The van der Waals surface area contributed by atoms with E-state index in [1.807, 2.05) is 6.07 Å². The topological polar surface area (TPSA) is 21.3 Å². The highest BCUT2D eigenvalue weighted by molar-refractivity contribution is 6.21. The molecule has 2 aromatic heterocycles. The molecule has 0 aliphatic rings. The first-order valence-electron chi connectivity index (χ1n) is 15.3. The van der Waals surface area contributed by atoms with Gasteiger partial charge in [0.05, 0.1) is 22.1 Å². The minimum absolute atomic E-state index is 0.876. The lowest BCUT2D eigenvalue weighted by Gasteiger charge is -2.26. The maximum atomic E-state index is 6.82. The normalized spacial score (nSPS) is 11.6. The first-order chi connectivity index (χ1) is 22.4. The molecule has 0 unspecified atom stereocenters. The molecule has 0 saturated carbocycles. The fourth-order valence-corrected chi connectivity index (χ4v) is 6.89. The summed E-state index contributed by atoms with van der Waals surface area (Å²) in [5.41, 5.74) is 10.8.